The van der Waals surface area contributed by atoms with Crippen molar-refractivity contribution in [3.63, 3.8) is 0 Å². The zero-order valence-electron chi connectivity index (χ0n) is 14.1. The first-order valence-corrected chi connectivity index (χ1v) is 8.90. The highest BCUT2D eigenvalue weighted by Crippen LogP contribution is 2.31. The molecule has 0 unspecified atom stereocenters. The van der Waals surface area contributed by atoms with Crippen LogP contribution in [0, 0.1) is 0 Å². The molecule has 2 aromatic carbocycles. The smallest absolute Gasteiger partial charge is 0.339 e. The Morgan fingerprint density at radius 2 is 1.76 bits per heavy atom. The topological polar surface area (TPSA) is 46.6 Å². The normalized spacial score (nSPS) is 19.9. The van der Waals surface area contributed by atoms with Crippen LogP contribution in [0.1, 0.15) is 57.2 Å². The van der Waals surface area contributed by atoms with E-state index in [4.69, 9.17) is 4.74 Å². The molecule has 25 heavy (non-hydrogen) atoms. The fraction of sp³-hybridized carbons (Fsp3) is 0.333. The summed E-state index contributed by atoms with van der Waals surface area (Å²) in [5.41, 5.74) is 3.12. The highest BCUT2D eigenvalue weighted by atomic mass is 16.5. The number of hydrogen-bond donors (Lipinski definition) is 0. The lowest BCUT2D eigenvalue weighted by Gasteiger charge is -2.28. The van der Waals surface area contributed by atoms with Gasteiger partial charge in [0, 0.05) is 25.1 Å². The van der Waals surface area contributed by atoms with Crippen LogP contribution in [0.2, 0.25) is 0 Å². The fourth-order valence-corrected chi connectivity index (χ4v) is 3.66. The summed E-state index contributed by atoms with van der Waals surface area (Å²) >= 11 is 0. The quantitative estimate of drug-likeness (QED) is 0.785. The molecule has 2 heterocycles. The zero-order chi connectivity index (χ0) is 17.2. The van der Waals surface area contributed by atoms with E-state index in [1.807, 2.05) is 41.3 Å². The molecule has 2 aliphatic rings. The van der Waals surface area contributed by atoms with Gasteiger partial charge in [-0.2, -0.15) is 0 Å². The third-order valence-corrected chi connectivity index (χ3v) is 5.04. The molecule has 1 saturated heterocycles. The Morgan fingerprint density at radius 3 is 2.52 bits per heavy atom. The molecule has 0 aliphatic carbocycles. The molecule has 0 bridgehead atoms. The van der Waals surface area contributed by atoms with Crippen LogP contribution >= 0.6 is 0 Å². The molecule has 1 atom stereocenters. The predicted octanol–water partition coefficient (Wildman–Crippen LogP) is 3.77. The predicted molar refractivity (Wildman–Crippen MR) is 94.5 cm³/mol. The third-order valence-electron chi connectivity index (χ3n) is 5.04. The molecule has 2 aromatic rings. The first-order chi connectivity index (χ1) is 12.2. The van der Waals surface area contributed by atoms with Gasteiger partial charge >= 0.3 is 5.97 Å². The van der Waals surface area contributed by atoms with E-state index in [-0.39, 0.29) is 18.0 Å². The summed E-state index contributed by atoms with van der Waals surface area (Å²) in [4.78, 5) is 27.0. The maximum atomic E-state index is 12.7. The van der Waals surface area contributed by atoms with Gasteiger partial charge in [-0.25, -0.2) is 4.79 Å². The molecule has 1 amide bonds. The second-order valence-electron chi connectivity index (χ2n) is 6.73. The lowest BCUT2D eigenvalue weighted by molar-refractivity contribution is 0.0252. The van der Waals surface area contributed by atoms with Crippen molar-refractivity contribution in [2.45, 2.75) is 31.8 Å². The van der Waals surface area contributed by atoms with Crippen molar-refractivity contribution in [3.05, 3.63) is 70.8 Å². The Balaban J connectivity index is 1.61. The molecule has 4 rings (SSSR count). The fourth-order valence-electron chi connectivity index (χ4n) is 3.66. The first-order valence-electron chi connectivity index (χ1n) is 8.90. The molecular weight excluding hydrogens is 314 g/mol. The number of hydrogen-bond acceptors (Lipinski definition) is 3. The highest BCUT2D eigenvalue weighted by Gasteiger charge is 2.29. The number of cyclic esters (lactones) is 1. The van der Waals surface area contributed by atoms with Gasteiger partial charge in [0.2, 0.25) is 0 Å². The highest BCUT2D eigenvalue weighted by molar-refractivity contribution is 5.97. The number of amides is 1. The van der Waals surface area contributed by atoms with E-state index in [9.17, 15) is 9.59 Å². The van der Waals surface area contributed by atoms with E-state index in [2.05, 4.69) is 0 Å². The number of carbonyl (C=O) groups excluding carboxylic acids is 2. The summed E-state index contributed by atoms with van der Waals surface area (Å²) < 4.78 is 5.58. The molecular formula is C21H21NO3. The van der Waals surface area contributed by atoms with Crippen LogP contribution in [0.3, 0.4) is 0 Å². The van der Waals surface area contributed by atoms with Crippen molar-refractivity contribution in [3.8, 4) is 0 Å². The van der Waals surface area contributed by atoms with Crippen LogP contribution in [-0.2, 0) is 11.2 Å². The molecule has 0 spiro atoms. The van der Waals surface area contributed by atoms with Crippen molar-refractivity contribution in [2.24, 2.45) is 0 Å². The van der Waals surface area contributed by atoms with Gasteiger partial charge in [-0.1, -0.05) is 30.3 Å². The summed E-state index contributed by atoms with van der Waals surface area (Å²) in [6.07, 6.45) is 3.64. The average molecular weight is 335 g/mol. The van der Waals surface area contributed by atoms with E-state index in [1.54, 1.807) is 12.1 Å². The molecule has 2 aliphatic heterocycles. The Labute approximate surface area is 147 Å². The van der Waals surface area contributed by atoms with E-state index in [1.165, 1.54) is 6.42 Å². The van der Waals surface area contributed by atoms with Crippen LogP contribution < -0.4 is 0 Å². The van der Waals surface area contributed by atoms with Gasteiger partial charge < -0.3 is 9.64 Å². The van der Waals surface area contributed by atoms with Crippen LogP contribution in [0.15, 0.2) is 48.5 Å². The number of benzene rings is 2. The summed E-state index contributed by atoms with van der Waals surface area (Å²) in [7, 11) is 0. The van der Waals surface area contributed by atoms with Crippen LogP contribution in [0.4, 0.5) is 0 Å². The Kier molecular flexibility index (Phi) is 4.26. The van der Waals surface area contributed by atoms with Crippen molar-refractivity contribution in [2.75, 3.05) is 13.1 Å². The lowest BCUT2D eigenvalue weighted by atomic mass is 9.93. The first kappa shape index (κ1) is 15.9. The van der Waals surface area contributed by atoms with Gasteiger partial charge in [-0.05, 0) is 48.6 Å². The minimum atomic E-state index is -0.313. The van der Waals surface area contributed by atoms with Gasteiger partial charge in [0.05, 0.1) is 5.56 Å². The van der Waals surface area contributed by atoms with Gasteiger partial charge in [-0.3, -0.25) is 4.79 Å². The van der Waals surface area contributed by atoms with E-state index in [0.29, 0.717) is 17.5 Å². The molecule has 0 aromatic heterocycles. The number of ether oxygens (including phenoxy) is 1. The van der Waals surface area contributed by atoms with Crippen molar-refractivity contribution < 1.29 is 14.3 Å². The molecule has 4 nitrogen and oxygen atoms in total. The molecule has 4 heteroatoms. The van der Waals surface area contributed by atoms with E-state index in [0.717, 1.165) is 37.1 Å². The second kappa shape index (κ2) is 6.71. The Morgan fingerprint density at radius 1 is 1.00 bits per heavy atom. The third kappa shape index (κ3) is 3.16. The lowest BCUT2D eigenvalue weighted by Crippen LogP contribution is -2.35. The summed E-state index contributed by atoms with van der Waals surface area (Å²) in [6.45, 7) is 1.65. The summed E-state index contributed by atoms with van der Waals surface area (Å²) in [6, 6.07) is 15.1. The average Bonchev–Trinajstić information content (AvgIpc) is 2.68. The molecule has 0 radical (unpaired) electrons. The molecule has 128 valence electrons. The minimum Gasteiger partial charge on any atom is -0.454 e. The maximum Gasteiger partial charge on any atom is 0.339 e. The van der Waals surface area contributed by atoms with E-state index < -0.39 is 0 Å². The van der Waals surface area contributed by atoms with Crippen molar-refractivity contribution >= 4 is 11.9 Å². The van der Waals surface area contributed by atoms with Crippen molar-refractivity contribution in [1.82, 2.24) is 4.90 Å². The van der Waals surface area contributed by atoms with Gasteiger partial charge in [0.25, 0.3) is 5.91 Å². The van der Waals surface area contributed by atoms with E-state index >= 15 is 0 Å². The monoisotopic (exact) mass is 335 g/mol. The van der Waals surface area contributed by atoms with Gasteiger partial charge in [-0.15, -0.1) is 0 Å². The largest absolute Gasteiger partial charge is 0.454 e. The minimum absolute atomic E-state index is 0.0673. The Hall–Kier alpha value is -2.62. The summed E-state index contributed by atoms with van der Waals surface area (Å²) in [5, 5.41) is 0. The summed E-state index contributed by atoms with van der Waals surface area (Å²) in [5.74, 6) is -0.246. The van der Waals surface area contributed by atoms with Crippen molar-refractivity contribution in [1.29, 1.82) is 0 Å². The van der Waals surface area contributed by atoms with Crippen LogP contribution in [0.5, 0.6) is 0 Å². The number of piperidine rings is 1. The number of rotatable bonds is 2. The number of esters is 1. The number of fused-ring (bicyclic) bond motifs is 1. The standard InChI is InChI=1S/C21H21NO3/c23-20(22-11-5-2-6-12-22)16-9-10-18-17(13-16)14-19(25-21(18)24)15-7-3-1-4-8-15/h1,3-4,7-10,13,19H,2,5-6,11-12,14H2/t19-/m1/s1. The number of nitrogens with zero attached hydrogens (tertiary/aromatic N) is 1. The second-order valence-corrected chi connectivity index (χ2v) is 6.73. The zero-order valence-corrected chi connectivity index (χ0v) is 14.1. The maximum absolute atomic E-state index is 12.7. The Bertz CT molecular complexity index is 794. The van der Waals surface area contributed by atoms with Crippen LogP contribution in [-0.4, -0.2) is 29.9 Å². The van der Waals surface area contributed by atoms with Gasteiger partial charge in [0.15, 0.2) is 0 Å². The number of likely N-dealkylation sites (tertiary alicyclic amines) is 1. The molecule has 1 fully saturated rings. The molecule has 0 N–H and O–H groups in total. The SMILES string of the molecule is O=C1O[C@@H](c2ccccc2)Cc2cc(C(=O)N3CCCCC3)ccc21. The van der Waals surface area contributed by atoms with Gasteiger partial charge in [0.1, 0.15) is 6.10 Å². The van der Waals surface area contributed by atoms with Crippen LogP contribution in [0.25, 0.3) is 0 Å². The molecule has 0 saturated carbocycles. The number of carbonyl (C=O) groups is 2.